The Labute approximate surface area is 127 Å². The number of hydrogen-bond acceptors (Lipinski definition) is 4. The number of hydrogen-bond donors (Lipinski definition) is 0. The Morgan fingerprint density at radius 1 is 1.40 bits per heavy atom. The Kier molecular flexibility index (Phi) is 3.81. The van der Waals surface area contributed by atoms with Gasteiger partial charge in [0.1, 0.15) is 5.01 Å². The zero-order valence-corrected chi connectivity index (χ0v) is 13.0. The number of halogens is 1. The number of nitrogens with zero attached hydrogens (tertiary/aromatic N) is 2. The molecule has 0 aliphatic heterocycles. The second-order valence-electron chi connectivity index (χ2n) is 4.66. The standard InChI is InChI=1S/C13H13ClN2O2S2/c14-10-2-1-3-12(8-10)20(17,18)16(11-4-5-11)9-13-15-6-7-19-13/h1-3,6-8,11H,4-5,9H2. The first-order chi connectivity index (χ1) is 9.57. The molecule has 3 rings (SSSR count). The molecule has 0 bridgehead atoms. The number of sulfonamides is 1. The van der Waals surface area contributed by atoms with E-state index in [1.807, 2.05) is 5.38 Å². The highest BCUT2D eigenvalue weighted by atomic mass is 35.5. The van der Waals surface area contributed by atoms with Gasteiger partial charge in [-0.1, -0.05) is 17.7 Å². The van der Waals surface area contributed by atoms with Gasteiger partial charge in [0.25, 0.3) is 0 Å². The van der Waals surface area contributed by atoms with Crippen molar-refractivity contribution in [3.8, 4) is 0 Å². The summed E-state index contributed by atoms with van der Waals surface area (Å²) in [5.41, 5.74) is 0. The molecule has 106 valence electrons. The second-order valence-corrected chi connectivity index (χ2v) is 7.97. The van der Waals surface area contributed by atoms with Crippen LogP contribution in [0.15, 0.2) is 40.7 Å². The molecular weight excluding hydrogens is 316 g/mol. The third-order valence-electron chi connectivity index (χ3n) is 3.13. The monoisotopic (exact) mass is 328 g/mol. The van der Waals surface area contributed by atoms with Gasteiger partial charge in [-0.3, -0.25) is 0 Å². The average Bonchev–Trinajstić information content (AvgIpc) is 3.12. The Hall–Kier alpha value is -0.950. The molecule has 1 saturated carbocycles. The minimum absolute atomic E-state index is 0.0860. The summed E-state index contributed by atoms with van der Waals surface area (Å²) in [5, 5.41) is 3.09. The van der Waals surface area contributed by atoms with Crippen molar-refractivity contribution in [3.63, 3.8) is 0 Å². The van der Waals surface area contributed by atoms with Crippen molar-refractivity contribution in [3.05, 3.63) is 45.9 Å². The first-order valence-electron chi connectivity index (χ1n) is 6.23. The van der Waals surface area contributed by atoms with Gasteiger partial charge in [-0.05, 0) is 31.0 Å². The van der Waals surface area contributed by atoms with E-state index in [1.165, 1.54) is 21.7 Å². The molecule has 0 unspecified atom stereocenters. The summed E-state index contributed by atoms with van der Waals surface area (Å²) in [6.45, 7) is 0.331. The summed E-state index contributed by atoms with van der Waals surface area (Å²) in [5.74, 6) is 0. The third-order valence-corrected chi connectivity index (χ3v) is 6.03. The van der Waals surface area contributed by atoms with E-state index in [0.717, 1.165) is 17.8 Å². The summed E-state index contributed by atoms with van der Waals surface area (Å²) in [7, 11) is -3.52. The normalized spacial score (nSPS) is 15.7. The van der Waals surface area contributed by atoms with Crippen LogP contribution in [0.5, 0.6) is 0 Å². The van der Waals surface area contributed by atoms with Crippen molar-refractivity contribution in [2.45, 2.75) is 30.3 Å². The Balaban J connectivity index is 1.94. The Morgan fingerprint density at radius 3 is 2.80 bits per heavy atom. The van der Waals surface area contributed by atoms with Crippen LogP contribution >= 0.6 is 22.9 Å². The summed E-state index contributed by atoms with van der Waals surface area (Å²) >= 11 is 7.37. The summed E-state index contributed by atoms with van der Waals surface area (Å²) in [6.07, 6.45) is 3.51. The number of thiazole rings is 1. The van der Waals surface area contributed by atoms with Crippen LogP contribution in [0.2, 0.25) is 5.02 Å². The van der Waals surface area contributed by atoms with E-state index in [4.69, 9.17) is 11.6 Å². The molecule has 1 aromatic carbocycles. The van der Waals surface area contributed by atoms with Crippen molar-refractivity contribution in [1.82, 2.24) is 9.29 Å². The van der Waals surface area contributed by atoms with E-state index < -0.39 is 10.0 Å². The van der Waals surface area contributed by atoms with E-state index in [-0.39, 0.29) is 10.9 Å². The second kappa shape index (κ2) is 5.44. The van der Waals surface area contributed by atoms with Crippen LogP contribution in [0.4, 0.5) is 0 Å². The summed E-state index contributed by atoms with van der Waals surface area (Å²) in [6, 6.07) is 6.49. The third kappa shape index (κ3) is 2.88. The smallest absolute Gasteiger partial charge is 0.243 e. The molecule has 2 aromatic rings. The fourth-order valence-corrected chi connectivity index (χ4v) is 4.64. The maximum Gasteiger partial charge on any atom is 0.243 e. The fourth-order valence-electron chi connectivity index (χ4n) is 2.00. The van der Waals surface area contributed by atoms with Crippen molar-refractivity contribution >= 4 is 33.0 Å². The van der Waals surface area contributed by atoms with Gasteiger partial charge in [0, 0.05) is 22.6 Å². The molecule has 0 atom stereocenters. The lowest BCUT2D eigenvalue weighted by molar-refractivity contribution is 0.398. The van der Waals surface area contributed by atoms with Crippen molar-refractivity contribution in [2.75, 3.05) is 0 Å². The molecule has 1 aliphatic carbocycles. The van der Waals surface area contributed by atoms with Gasteiger partial charge < -0.3 is 0 Å². The lowest BCUT2D eigenvalue weighted by Crippen LogP contribution is -2.32. The first kappa shape index (κ1) is 14.0. The molecule has 1 heterocycles. The van der Waals surface area contributed by atoms with Crippen molar-refractivity contribution in [2.24, 2.45) is 0 Å². The highest BCUT2D eigenvalue weighted by Crippen LogP contribution is 2.34. The quantitative estimate of drug-likeness (QED) is 0.847. The van der Waals surface area contributed by atoms with Crippen LogP contribution in [-0.2, 0) is 16.6 Å². The molecule has 7 heteroatoms. The van der Waals surface area contributed by atoms with E-state index in [2.05, 4.69) is 4.98 Å². The van der Waals surface area contributed by atoms with Crippen LogP contribution in [-0.4, -0.2) is 23.7 Å². The van der Waals surface area contributed by atoms with Gasteiger partial charge in [-0.25, -0.2) is 13.4 Å². The van der Waals surface area contributed by atoms with Gasteiger partial charge >= 0.3 is 0 Å². The Morgan fingerprint density at radius 2 is 2.20 bits per heavy atom. The van der Waals surface area contributed by atoms with Gasteiger partial charge in [0.2, 0.25) is 10.0 Å². The average molecular weight is 329 g/mol. The van der Waals surface area contributed by atoms with Gasteiger partial charge in [-0.2, -0.15) is 4.31 Å². The number of aromatic nitrogens is 1. The molecule has 0 saturated heterocycles. The van der Waals surface area contributed by atoms with E-state index in [1.54, 1.807) is 24.4 Å². The SMILES string of the molecule is O=S(=O)(c1cccc(Cl)c1)N(Cc1nccs1)C1CC1. The molecule has 1 fully saturated rings. The van der Waals surface area contributed by atoms with E-state index in [9.17, 15) is 8.42 Å². The zero-order valence-electron chi connectivity index (χ0n) is 10.6. The molecule has 0 N–H and O–H groups in total. The molecular formula is C13H13ClN2O2S2. The minimum Gasteiger partial charge on any atom is -0.248 e. The lowest BCUT2D eigenvalue weighted by atomic mass is 10.4. The fraction of sp³-hybridized carbons (Fsp3) is 0.308. The van der Waals surface area contributed by atoms with Gasteiger partial charge in [0.05, 0.1) is 11.4 Å². The molecule has 1 aromatic heterocycles. The van der Waals surface area contributed by atoms with E-state index >= 15 is 0 Å². The van der Waals surface area contributed by atoms with Crippen LogP contribution < -0.4 is 0 Å². The molecule has 1 aliphatic rings. The molecule has 0 spiro atoms. The van der Waals surface area contributed by atoms with Crippen LogP contribution in [0.25, 0.3) is 0 Å². The number of benzene rings is 1. The van der Waals surface area contributed by atoms with Crippen molar-refractivity contribution in [1.29, 1.82) is 0 Å². The molecule has 0 amide bonds. The summed E-state index contributed by atoms with van der Waals surface area (Å²) < 4.78 is 27.0. The number of rotatable bonds is 5. The maximum atomic E-state index is 12.7. The van der Waals surface area contributed by atoms with E-state index in [0.29, 0.717) is 11.6 Å². The highest BCUT2D eigenvalue weighted by Gasteiger charge is 2.38. The minimum atomic E-state index is -3.52. The topological polar surface area (TPSA) is 50.3 Å². The van der Waals surface area contributed by atoms with Gasteiger partial charge in [0.15, 0.2) is 0 Å². The predicted molar refractivity (Wildman–Crippen MR) is 79.3 cm³/mol. The highest BCUT2D eigenvalue weighted by molar-refractivity contribution is 7.89. The first-order valence-corrected chi connectivity index (χ1v) is 8.93. The largest absolute Gasteiger partial charge is 0.248 e. The Bertz CT molecular complexity index is 697. The van der Waals surface area contributed by atoms with Gasteiger partial charge in [-0.15, -0.1) is 11.3 Å². The summed E-state index contributed by atoms with van der Waals surface area (Å²) in [4.78, 5) is 4.42. The molecule has 20 heavy (non-hydrogen) atoms. The predicted octanol–water partition coefficient (Wildman–Crippen LogP) is 3.15. The van der Waals surface area contributed by atoms with Crippen LogP contribution in [0.1, 0.15) is 17.8 Å². The molecule has 0 radical (unpaired) electrons. The molecule has 4 nitrogen and oxygen atoms in total. The van der Waals surface area contributed by atoms with Crippen LogP contribution in [0.3, 0.4) is 0 Å². The van der Waals surface area contributed by atoms with Crippen LogP contribution in [0, 0.1) is 0 Å². The lowest BCUT2D eigenvalue weighted by Gasteiger charge is -2.20. The maximum absolute atomic E-state index is 12.7. The van der Waals surface area contributed by atoms with Crippen molar-refractivity contribution < 1.29 is 8.42 Å². The zero-order chi connectivity index (χ0) is 14.2.